The monoisotopic (exact) mass is 490 g/mol. The molecule has 3 heterocycles. The molecule has 0 saturated carbocycles. The van der Waals surface area contributed by atoms with Crippen LogP contribution in [0.4, 0.5) is 0 Å². The van der Waals surface area contributed by atoms with Gasteiger partial charge in [0.05, 0.1) is 12.5 Å². The molecule has 2 aliphatic heterocycles. The average molecular weight is 491 g/mol. The number of benzene rings is 1. The van der Waals surface area contributed by atoms with E-state index in [-0.39, 0.29) is 47.1 Å². The maximum atomic E-state index is 13.8. The van der Waals surface area contributed by atoms with Gasteiger partial charge in [0.25, 0.3) is 5.91 Å². The Bertz CT molecular complexity index is 1200. The first-order valence-electron chi connectivity index (χ1n) is 12.2. The number of furan rings is 1. The van der Waals surface area contributed by atoms with Gasteiger partial charge >= 0.3 is 5.97 Å². The molecule has 0 spiro atoms. The number of amides is 1. The van der Waals surface area contributed by atoms with Crippen LogP contribution in [0, 0.1) is 26.7 Å². The fourth-order valence-corrected chi connectivity index (χ4v) is 6.90. The fraction of sp³-hybridized carbons (Fsp3) is 0.600. The van der Waals surface area contributed by atoms with Gasteiger partial charge in [0, 0.05) is 37.1 Å². The zero-order valence-electron chi connectivity index (χ0n) is 20.5. The fourth-order valence-electron chi connectivity index (χ4n) is 5.02. The third kappa shape index (κ3) is 4.35. The quantitative estimate of drug-likeness (QED) is 0.589. The summed E-state index contributed by atoms with van der Waals surface area (Å²) in [5, 5.41) is 0.656. The lowest BCUT2D eigenvalue weighted by Gasteiger charge is -2.30. The molecule has 4 rings (SSSR count). The molecular weight excluding hydrogens is 456 g/mol. The third-order valence-corrected chi connectivity index (χ3v) is 9.25. The summed E-state index contributed by atoms with van der Waals surface area (Å²) in [6.07, 6.45) is 3.87. The van der Waals surface area contributed by atoms with Gasteiger partial charge in [-0.25, -0.2) is 8.42 Å². The summed E-state index contributed by atoms with van der Waals surface area (Å²) in [5.74, 6) is -0.512. The number of piperidine rings is 2. The minimum absolute atomic E-state index is 0.123. The molecular formula is C25H34N2O6S. The topological polar surface area (TPSA) is 97.1 Å². The van der Waals surface area contributed by atoms with E-state index in [0.717, 1.165) is 24.8 Å². The zero-order chi connectivity index (χ0) is 24.6. The van der Waals surface area contributed by atoms with E-state index in [9.17, 15) is 18.0 Å². The minimum atomic E-state index is -3.89. The standard InChI is InChI=1S/C25H34N2O6S/c1-5-32-25(29)19-9-13-27(14-10-19)34(30,31)23-17(3)16(2)15-20-18(4)21(33-22(20)23)24(28)26-11-7-6-8-12-26/h15,19H,5-14H2,1-4H3. The highest BCUT2D eigenvalue weighted by molar-refractivity contribution is 7.89. The second kappa shape index (κ2) is 9.70. The number of carbonyl (C=O) groups is 2. The summed E-state index contributed by atoms with van der Waals surface area (Å²) in [7, 11) is -3.89. The highest BCUT2D eigenvalue weighted by Crippen LogP contribution is 2.37. The largest absolute Gasteiger partial charge is 0.466 e. The predicted octanol–water partition coefficient (Wildman–Crippen LogP) is 3.95. The summed E-state index contributed by atoms with van der Waals surface area (Å²) in [6.45, 7) is 9.39. The Hall–Kier alpha value is -2.39. The van der Waals surface area contributed by atoms with E-state index >= 15 is 0 Å². The van der Waals surface area contributed by atoms with E-state index in [4.69, 9.17) is 9.15 Å². The van der Waals surface area contributed by atoms with Crippen molar-refractivity contribution in [2.24, 2.45) is 5.92 Å². The number of esters is 1. The number of sulfonamides is 1. The maximum absolute atomic E-state index is 13.8. The van der Waals surface area contributed by atoms with Crippen LogP contribution in [0.2, 0.25) is 0 Å². The van der Waals surface area contributed by atoms with E-state index in [1.54, 1.807) is 18.7 Å². The van der Waals surface area contributed by atoms with Crippen LogP contribution in [0.25, 0.3) is 11.0 Å². The van der Waals surface area contributed by atoms with Crippen LogP contribution in [0.15, 0.2) is 15.4 Å². The number of carbonyl (C=O) groups excluding carboxylic acids is 2. The van der Waals surface area contributed by atoms with Gasteiger partial charge in [-0.1, -0.05) is 0 Å². The average Bonchev–Trinajstić information content (AvgIpc) is 3.15. The van der Waals surface area contributed by atoms with Gasteiger partial charge in [-0.3, -0.25) is 9.59 Å². The van der Waals surface area contributed by atoms with Crippen LogP contribution in [0.3, 0.4) is 0 Å². The van der Waals surface area contributed by atoms with Gasteiger partial charge in [0.15, 0.2) is 11.3 Å². The van der Waals surface area contributed by atoms with Crippen LogP contribution in [0.1, 0.15) is 66.3 Å². The van der Waals surface area contributed by atoms with E-state index in [2.05, 4.69) is 0 Å². The summed E-state index contributed by atoms with van der Waals surface area (Å²) in [6, 6.07) is 1.91. The zero-order valence-corrected chi connectivity index (χ0v) is 21.3. The van der Waals surface area contributed by atoms with Crippen LogP contribution in [-0.4, -0.2) is 62.3 Å². The molecule has 0 radical (unpaired) electrons. The molecule has 1 aromatic heterocycles. The van der Waals surface area contributed by atoms with Gasteiger partial charge in [0.1, 0.15) is 4.90 Å². The van der Waals surface area contributed by atoms with Gasteiger partial charge in [0.2, 0.25) is 10.0 Å². The molecule has 9 heteroatoms. The molecule has 0 atom stereocenters. The van der Waals surface area contributed by atoms with Gasteiger partial charge < -0.3 is 14.1 Å². The molecule has 34 heavy (non-hydrogen) atoms. The molecule has 0 N–H and O–H groups in total. The van der Waals surface area contributed by atoms with E-state index < -0.39 is 10.0 Å². The van der Waals surface area contributed by atoms with Crippen molar-refractivity contribution < 1.29 is 27.2 Å². The Kier molecular flexibility index (Phi) is 7.05. The van der Waals surface area contributed by atoms with Crippen molar-refractivity contribution in [1.82, 2.24) is 9.21 Å². The molecule has 2 fully saturated rings. The summed E-state index contributed by atoms with van der Waals surface area (Å²) in [4.78, 5) is 27.2. The highest BCUT2D eigenvalue weighted by atomic mass is 32.2. The lowest BCUT2D eigenvalue weighted by Crippen LogP contribution is -2.40. The summed E-state index contributed by atoms with van der Waals surface area (Å²) >= 11 is 0. The van der Waals surface area contributed by atoms with Gasteiger partial charge in [-0.05, 0) is 77.0 Å². The molecule has 2 aromatic rings. The maximum Gasteiger partial charge on any atom is 0.309 e. The Balaban J connectivity index is 1.71. The molecule has 1 amide bonds. The first-order valence-corrected chi connectivity index (χ1v) is 13.6. The highest BCUT2D eigenvalue weighted by Gasteiger charge is 2.37. The molecule has 186 valence electrons. The Morgan fingerprint density at radius 2 is 1.68 bits per heavy atom. The number of hydrogen-bond donors (Lipinski definition) is 0. The smallest absolute Gasteiger partial charge is 0.309 e. The SMILES string of the molecule is CCOC(=O)C1CCN(S(=O)(=O)c2c(C)c(C)cc3c(C)c(C(=O)N4CCCCC4)oc23)CC1. The van der Waals surface area contributed by atoms with Gasteiger partial charge in [-0.15, -0.1) is 0 Å². The number of rotatable bonds is 5. The Morgan fingerprint density at radius 1 is 1.03 bits per heavy atom. The van der Waals surface area contributed by atoms with Gasteiger partial charge in [-0.2, -0.15) is 4.31 Å². The van der Waals surface area contributed by atoms with Crippen LogP contribution >= 0.6 is 0 Å². The number of hydrogen-bond acceptors (Lipinski definition) is 6. The summed E-state index contributed by atoms with van der Waals surface area (Å²) in [5.41, 5.74) is 2.36. The Labute approximate surface area is 201 Å². The Morgan fingerprint density at radius 3 is 2.29 bits per heavy atom. The second-order valence-electron chi connectivity index (χ2n) is 9.36. The van der Waals surface area contributed by atoms with Crippen molar-refractivity contribution in [3.05, 3.63) is 28.5 Å². The number of aryl methyl sites for hydroxylation is 2. The molecule has 0 unspecified atom stereocenters. The molecule has 2 aliphatic rings. The molecule has 8 nitrogen and oxygen atoms in total. The van der Waals surface area contributed by atoms with Crippen LogP contribution in [0.5, 0.6) is 0 Å². The number of fused-ring (bicyclic) bond motifs is 1. The first kappa shape index (κ1) is 24.7. The lowest BCUT2D eigenvalue weighted by molar-refractivity contribution is -0.149. The van der Waals surface area contributed by atoms with Crippen LogP contribution in [-0.2, 0) is 19.6 Å². The van der Waals surface area contributed by atoms with Crippen LogP contribution < -0.4 is 0 Å². The second-order valence-corrected chi connectivity index (χ2v) is 11.2. The van der Waals surface area contributed by atoms with Crippen molar-refractivity contribution in [2.75, 3.05) is 32.8 Å². The predicted molar refractivity (Wildman–Crippen MR) is 128 cm³/mol. The first-order chi connectivity index (χ1) is 16.2. The molecule has 0 aliphatic carbocycles. The number of nitrogens with zero attached hydrogens (tertiary/aromatic N) is 2. The molecule has 2 saturated heterocycles. The normalized spacial score (nSPS) is 18.4. The molecule has 1 aromatic carbocycles. The van der Waals surface area contributed by atoms with Crippen molar-refractivity contribution in [2.45, 2.75) is 64.7 Å². The van der Waals surface area contributed by atoms with Crippen molar-refractivity contribution in [1.29, 1.82) is 0 Å². The minimum Gasteiger partial charge on any atom is -0.466 e. The molecule has 0 bridgehead atoms. The van der Waals surface area contributed by atoms with E-state index in [0.29, 0.717) is 49.1 Å². The number of likely N-dealkylation sites (tertiary alicyclic amines) is 1. The van der Waals surface area contributed by atoms with Crippen molar-refractivity contribution in [3.63, 3.8) is 0 Å². The lowest BCUT2D eigenvalue weighted by atomic mass is 9.98. The third-order valence-electron chi connectivity index (χ3n) is 7.20. The van der Waals surface area contributed by atoms with Crippen molar-refractivity contribution >= 4 is 32.9 Å². The van der Waals surface area contributed by atoms with E-state index in [1.807, 2.05) is 19.9 Å². The summed E-state index contributed by atoms with van der Waals surface area (Å²) < 4.78 is 40.3. The number of ether oxygens (including phenoxy) is 1. The van der Waals surface area contributed by atoms with E-state index in [1.165, 1.54) is 4.31 Å². The van der Waals surface area contributed by atoms with Crippen molar-refractivity contribution in [3.8, 4) is 0 Å².